The number of pyridine rings is 1. The Balaban J connectivity index is 1.64. The molecule has 0 radical (unpaired) electrons. The van der Waals surface area contributed by atoms with Crippen LogP contribution in [-0.4, -0.2) is 4.98 Å². The van der Waals surface area contributed by atoms with Gasteiger partial charge in [-0.15, -0.1) is 0 Å². The standard InChI is InChI=1S/C36H33NO/c1-22-19-31(23(2)18-30(22)25-14-16-26(17-15-25)36(4,5)6)32-20-33(37-21-24(32)3)29-12-9-11-28-27-10-7-8-13-34(27)38-35(28)29/h7-21H,1-6H3/i1D3,2D3,3D3. The molecule has 0 saturated heterocycles. The highest BCUT2D eigenvalue weighted by Gasteiger charge is 2.17. The van der Waals surface area contributed by atoms with Crippen molar-refractivity contribution in [3.05, 3.63) is 113 Å². The van der Waals surface area contributed by atoms with Crippen LogP contribution in [0, 0.1) is 20.6 Å². The highest BCUT2D eigenvalue weighted by molar-refractivity contribution is 6.09. The smallest absolute Gasteiger partial charge is 0.144 e. The predicted octanol–water partition coefficient (Wildman–Crippen LogP) is 10.2. The van der Waals surface area contributed by atoms with Crippen molar-refractivity contribution in [1.82, 2.24) is 4.98 Å². The minimum absolute atomic E-state index is 0.00209. The van der Waals surface area contributed by atoms with E-state index in [1.165, 1.54) is 24.4 Å². The molecule has 2 heteroatoms. The number of rotatable bonds is 3. The Kier molecular flexibility index (Phi) is 3.77. The summed E-state index contributed by atoms with van der Waals surface area (Å²) in [5.41, 5.74) is 3.46. The quantitative estimate of drug-likeness (QED) is 0.240. The molecule has 0 amide bonds. The van der Waals surface area contributed by atoms with Crippen LogP contribution < -0.4 is 0 Å². The first-order chi connectivity index (χ1) is 21.8. The number of nitrogens with zero attached hydrogens (tertiary/aromatic N) is 1. The number of para-hydroxylation sites is 2. The van der Waals surface area contributed by atoms with Crippen LogP contribution in [0.4, 0.5) is 0 Å². The second-order valence-electron chi connectivity index (χ2n) is 10.7. The summed E-state index contributed by atoms with van der Waals surface area (Å²) in [6.07, 6.45) is 1.22. The van der Waals surface area contributed by atoms with E-state index in [2.05, 4.69) is 25.8 Å². The summed E-state index contributed by atoms with van der Waals surface area (Å²) in [5.74, 6) is 0. The lowest BCUT2D eigenvalue weighted by atomic mass is 9.85. The van der Waals surface area contributed by atoms with Crippen molar-refractivity contribution in [3.63, 3.8) is 0 Å². The van der Waals surface area contributed by atoms with Crippen molar-refractivity contribution >= 4 is 21.9 Å². The van der Waals surface area contributed by atoms with Gasteiger partial charge in [0.05, 0.1) is 5.69 Å². The maximum atomic E-state index is 8.50. The minimum atomic E-state index is -2.71. The van der Waals surface area contributed by atoms with Crippen LogP contribution in [0.3, 0.4) is 0 Å². The Morgan fingerprint density at radius 1 is 0.658 bits per heavy atom. The summed E-state index contributed by atoms with van der Waals surface area (Å²) < 4.78 is 82.0. The molecule has 6 aromatic rings. The van der Waals surface area contributed by atoms with Crippen molar-refractivity contribution in [2.75, 3.05) is 0 Å². The molecule has 0 atom stereocenters. The van der Waals surface area contributed by atoms with Gasteiger partial charge in [-0.05, 0) is 88.7 Å². The molecule has 0 aliphatic carbocycles. The van der Waals surface area contributed by atoms with Gasteiger partial charge in [-0.3, -0.25) is 4.98 Å². The third-order valence-electron chi connectivity index (χ3n) is 7.09. The summed E-state index contributed by atoms with van der Waals surface area (Å²) in [6.45, 7) is -1.83. The highest BCUT2D eigenvalue weighted by atomic mass is 16.3. The molecular formula is C36H33NO. The molecule has 0 bridgehead atoms. The van der Waals surface area contributed by atoms with Gasteiger partial charge in [0.1, 0.15) is 11.2 Å². The molecule has 38 heavy (non-hydrogen) atoms. The van der Waals surface area contributed by atoms with Gasteiger partial charge in [-0.2, -0.15) is 0 Å². The number of benzene rings is 4. The Bertz CT molecular complexity index is 2130. The molecule has 2 aromatic heterocycles. The van der Waals surface area contributed by atoms with Crippen LogP contribution in [-0.2, 0) is 5.41 Å². The molecule has 0 spiro atoms. The van der Waals surface area contributed by atoms with Crippen molar-refractivity contribution in [1.29, 1.82) is 0 Å². The summed E-state index contributed by atoms with van der Waals surface area (Å²) in [4.78, 5) is 4.51. The molecule has 0 saturated carbocycles. The largest absolute Gasteiger partial charge is 0.455 e. The van der Waals surface area contributed by atoms with E-state index < -0.39 is 20.6 Å². The van der Waals surface area contributed by atoms with Gasteiger partial charge in [-0.25, -0.2) is 0 Å². The first kappa shape index (κ1) is 15.9. The Morgan fingerprint density at radius 2 is 1.34 bits per heavy atom. The molecule has 6 rings (SSSR count). The van der Waals surface area contributed by atoms with E-state index >= 15 is 0 Å². The topological polar surface area (TPSA) is 26.0 Å². The first-order valence-corrected chi connectivity index (χ1v) is 12.6. The van der Waals surface area contributed by atoms with Crippen LogP contribution in [0.1, 0.15) is 55.4 Å². The van der Waals surface area contributed by atoms with Crippen molar-refractivity contribution < 1.29 is 16.8 Å². The van der Waals surface area contributed by atoms with E-state index in [0.717, 1.165) is 16.3 Å². The third-order valence-corrected chi connectivity index (χ3v) is 7.09. The van der Waals surface area contributed by atoms with E-state index in [-0.39, 0.29) is 38.8 Å². The summed E-state index contributed by atoms with van der Waals surface area (Å²) in [5, 5.41) is 1.75. The Hall–Kier alpha value is -4.17. The zero-order valence-electron chi connectivity index (χ0n) is 30.5. The lowest BCUT2D eigenvalue weighted by Gasteiger charge is -2.20. The molecule has 0 N–H and O–H groups in total. The van der Waals surface area contributed by atoms with Crippen LogP contribution in [0.2, 0.25) is 0 Å². The van der Waals surface area contributed by atoms with Gasteiger partial charge >= 0.3 is 0 Å². The van der Waals surface area contributed by atoms with Gasteiger partial charge in [0, 0.05) is 34.9 Å². The van der Waals surface area contributed by atoms with Crippen LogP contribution in [0.25, 0.3) is 55.4 Å². The maximum absolute atomic E-state index is 8.50. The van der Waals surface area contributed by atoms with Crippen LogP contribution >= 0.6 is 0 Å². The predicted molar refractivity (Wildman–Crippen MR) is 161 cm³/mol. The second kappa shape index (κ2) is 8.99. The molecule has 0 aliphatic heterocycles. The normalized spacial score (nSPS) is 16.4. The van der Waals surface area contributed by atoms with E-state index in [4.69, 9.17) is 16.8 Å². The van der Waals surface area contributed by atoms with E-state index in [0.29, 0.717) is 28.0 Å². The lowest BCUT2D eigenvalue weighted by Crippen LogP contribution is -2.10. The summed E-state index contributed by atoms with van der Waals surface area (Å²) in [7, 11) is 0. The number of aromatic nitrogens is 1. The fraction of sp³-hybridized carbons (Fsp3) is 0.194. The molecule has 188 valence electrons. The fourth-order valence-corrected chi connectivity index (χ4v) is 4.99. The average molecular weight is 505 g/mol. The molecule has 2 nitrogen and oxygen atoms in total. The second-order valence-corrected chi connectivity index (χ2v) is 10.7. The molecular weight excluding hydrogens is 462 g/mol. The number of hydrogen-bond donors (Lipinski definition) is 0. The monoisotopic (exact) mass is 504 g/mol. The van der Waals surface area contributed by atoms with Crippen molar-refractivity contribution in [2.45, 2.75) is 46.7 Å². The molecule has 0 unspecified atom stereocenters. The third kappa shape index (κ3) is 4.11. The van der Waals surface area contributed by atoms with Gasteiger partial charge in [-0.1, -0.05) is 87.5 Å². The minimum Gasteiger partial charge on any atom is -0.455 e. The first-order valence-electron chi connectivity index (χ1n) is 17.1. The molecule has 0 aliphatic rings. The van der Waals surface area contributed by atoms with Crippen LogP contribution in [0.15, 0.2) is 95.5 Å². The Morgan fingerprint density at radius 3 is 2.11 bits per heavy atom. The van der Waals surface area contributed by atoms with Crippen molar-refractivity contribution in [2.24, 2.45) is 0 Å². The number of furan rings is 1. The molecule has 2 heterocycles. The van der Waals surface area contributed by atoms with E-state index in [1.54, 1.807) is 18.2 Å². The zero-order valence-corrected chi connectivity index (χ0v) is 21.5. The number of hydrogen-bond acceptors (Lipinski definition) is 2. The summed E-state index contributed by atoms with van der Waals surface area (Å²) in [6, 6.07) is 24.8. The number of fused-ring (bicyclic) bond motifs is 3. The van der Waals surface area contributed by atoms with Crippen LogP contribution in [0.5, 0.6) is 0 Å². The van der Waals surface area contributed by atoms with Crippen molar-refractivity contribution in [3.8, 4) is 33.5 Å². The van der Waals surface area contributed by atoms with E-state index in [1.807, 2.05) is 48.5 Å². The SMILES string of the molecule is [2H]C([2H])([2H])c1cc(-c2cc(-c3cccc4c3oc3ccccc34)ncc2C([2H])([2H])[2H])c(C([2H])([2H])[2H])cc1-c1ccc(C(C)(C)C)cc1. The zero-order chi connectivity index (χ0) is 34.1. The number of aryl methyl sites for hydroxylation is 3. The fourth-order valence-electron chi connectivity index (χ4n) is 4.99. The maximum Gasteiger partial charge on any atom is 0.144 e. The van der Waals surface area contributed by atoms with Gasteiger partial charge in [0.15, 0.2) is 0 Å². The highest BCUT2D eigenvalue weighted by Crippen LogP contribution is 2.38. The van der Waals surface area contributed by atoms with Gasteiger partial charge < -0.3 is 4.42 Å². The lowest BCUT2D eigenvalue weighted by molar-refractivity contribution is 0.590. The average Bonchev–Trinajstić information content (AvgIpc) is 3.37. The molecule has 0 fully saturated rings. The molecule has 4 aromatic carbocycles. The summed E-state index contributed by atoms with van der Waals surface area (Å²) >= 11 is 0. The Labute approximate surface area is 237 Å². The van der Waals surface area contributed by atoms with Gasteiger partial charge in [0.2, 0.25) is 0 Å². The van der Waals surface area contributed by atoms with E-state index in [9.17, 15) is 0 Å². The van der Waals surface area contributed by atoms with Gasteiger partial charge in [0.25, 0.3) is 0 Å².